The highest BCUT2D eigenvalue weighted by Crippen LogP contribution is 2.18. The smallest absolute Gasteiger partial charge is 0.253 e. The number of hydrogen-bond donors (Lipinski definition) is 1. The minimum absolute atomic E-state index is 0.0615. The first-order valence-electron chi connectivity index (χ1n) is 7.47. The molecule has 1 N–H and O–H groups in total. The van der Waals surface area contributed by atoms with Crippen LogP contribution >= 0.6 is 11.6 Å². The van der Waals surface area contributed by atoms with Crippen LogP contribution < -0.4 is 0 Å². The van der Waals surface area contributed by atoms with Gasteiger partial charge in [0.25, 0.3) is 5.91 Å². The maximum Gasteiger partial charge on any atom is 0.253 e. The van der Waals surface area contributed by atoms with Crippen LogP contribution in [0.4, 0.5) is 0 Å². The lowest BCUT2D eigenvalue weighted by molar-refractivity contribution is 0.0472. The molecule has 2 rings (SSSR count). The fourth-order valence-corrected chi connectivity index (χ4v) is 2.87. The Balaban J connectivity index is 1.98. The predicted octanol–water partition coefficient (Wildman–Crippen LogP) is 2.18. The number of amides is 1. The number of aryl methyl sites for hydroxylation is 1. The minimum Gasteiger partial charge on any atom is -0.395 e. The fourth-order valence-electron chi connectivity index (χ4n) is 2.75. The highest BCUT2D eigenvalue weighted by atomic mass is 35.5. The predicted molar refractivity (Wildman–Crippen MR) is 84.8 cm³/mol. The quantitative estimate of drug-likeness (QED) is 0.927. The molecule has 1 heterocycles. The Labute approximate surface area is 131 Å². The van der Waals surface area contributed by atoms with E-state index in [2.05, 4.69) is 11.8 Å². The Kier molecular flexibility index (Phi) is 5.62. The van der Waals surface area contributed by atoms with Crippen LogP contribution in [0.25, 0.3) is 0 Å². The summed E-state index contributed by atoms with van der Waals surface area (Å²) in [7, 11) is 0. The summed E-state index contributed by atoms with van der Waals surface area (Å²) in [5, 5.41) is 10.0. The molecule has 1 saturated heterocycles. The summed E-state index contributed by atoms with van der Waals surface area (Å²) in [6.45, 7) is 7.21. The number of aliphatic hydroxyl groups excluding tert-OH is 1. The van der Waals surface area contributed by atoms with Gasteiger partial charge in [-0.25, -0.2) is 0 Å². The zero-order valence-electron chi connectivity index (χ0n) is 12.7. The van der Waals surface area contributed by atoms with Crippen LogP contribution in [0.5, 0.6) is 0 Å². The van der Waals surface area contributed by atoms with E-state index in [0.717, 1.165) is 25.1 Å². The number of aliphatic hydroxyl groups is 1. The fraction of sp³-hybridized carbons (Fsp3) is 0.562. The minimum atomic E-state index is 0.0615. The van der Waals surface area contributed by atoms with E-state index < -0.39 is 0 Å². The topological polar surface area (TPSA) is 43.8 Å². The van der Waals surface area contributed by atoms with Crippen LogP contribution in [0.15, 0.2) is 18.2 Å². The summed E-state index contributed by atoms with van der Waals surface area (Å²) in [6, 6.07) is 5.62. The maximum atomic E-state index is 12.5. The van der Waals surface area contributed by atoms with E-state index in [-0.39, 0.29) is 18.6 Å². The van der Waals surface area contributed by atoms with Crippen molar-refractivity contribution in [1.82, 2.24) is 9.80 Å². The van der Waals surface area contributed by atoms with Crippen molar-refractivity contribution in [2.45, 2.75) is 26.3 Å². The summed E-state index contributed by atoms with van der Waals surface area (Å²) in [5.41, 5.74) is 1.62. The van der Waals surface area contributed by atoms with E-state index in [1.165, 1.54) is 0 Å². The number of carbonyl (C=O) groups is 1. The van der Waals surface area contributed by atoms with Gasteiger partial charge in [0.05, 0.1) is 6.61 Å². The van der Waals surface area contributed by atoms with Crippen molar-refractivity contribution >= 4 is 17.5 Å². The van der Waals surface area contributed by atoms with Crippen molar-refractivity contribution in [1.29, 1.82) is 0 Å². The van der Waals surface area contributed by atoms with Crippen molar-refractivity contribution in [3.05, 3.63) is 34.3 Å². The highest BCUT2D eigenvalue weighted by molar-refractivity contribution is 6.31. The van der Waals surface area contributed by atoms with Crippen molar-refractivity contribution in [2.24, 2.45) is 0 Å². The van der Waals surface area contributed by atoms with Gasteiger partial charge in [0.1, 0.15) is 0 Å². The van der Waals surface area contributed by atoms with Gasteiger partial charge in [-0.15, -0.1) is 0 Å². The maximum absolute atomic E-state index is 12.5. The lowest BCUT2D eigenvalue weighted by Crippen LogP contribution is -2.52. The van der Waals surface area contributed by atoms with E-state index in [9.17, 15) is 9.90 Å². The Bertz CT molecular complexity index is 495. The first kappa shape index (κ1) is 16.3. The van der Waals surface area contributed by atoms with Gasteiger partial charge in [-0.3, -0.25) is 9.69 Å². The Morgan fingerprint density at radius 3 is 2.52 bits per heavy atom. The van der Waals surface area contributed by atoms with Crippen molar-refractivity contribution in [2.75, 3.05) is 32.8 Å². The van der Waals surface area contributed by atoms with Crippen LogP contribution in [-0.2, 0) is 0 Å². The lowest BCUT2D eigenvalue weighted by atomic mass is 10.1. The third kappa shape index (κ3) is 3.76. The summed E-state index contributed by atoms with van der Waals surface area (Å²) >= 11 is 6.00. The molecule has 5 heteroatoms. The van der Waals surface area contributed by atoms with Crippen molar-refractivity contribution in [3.63, 3.8) is 0 Å². The molecule has 21 heavy (non-hydrogen) atoms. The molecule has 0 spiro atoms. The molecule has 0 unspecified atom stereocenters. The van der Waals surface area contributed by atoms with Gasteiger partial charge < -0.3 is 10.0 Å². The van der Waals surface area contributed by atoms with Crippen molar-refractivity contribution in [3.8, 4) is 0 Å². The van der Waals surface area contributed by atoms with Gasteiger partial charge in [0.15, 0.2) is 0 Å². The Morgan fingerprint density at radius 2 is 2.00 bits per heavy atom. The first-order valence-corrected chi connectivity index (χ1v) is 7.85. The number of benzene rings is 1. The van der Waals surface area contributed by atoms with E-state index in [0.29, 0.717) is 23.7 Å². The second kappa shape index (κ2) is 7.25. The van der Waals surface area contributed by atoms with E-state index >= 15 is 0 Å². The van der Waals surface area contributed by atoms with Crippen LogP contribution in [0.1, 0.15) is 29.3 Å². The molecule has 0 saturated carbocycles. The van der Waals surface area contributed by atoms with Gasteiger partial charge in [0.2, 0.25) is 0 Å². The van der Waals surface area contributed by atoms with Crippen LogP contribution in [-0.4, -0.2) is 59.6 Å². The third-order valence-electron chi connectivity index (χ3n) is 4.20. The molecule has 116 valence electrons. The molecule has 1 fully saturated rings. The van der Waals surface area contributed by atoms with E-state index in [1.54, 1.807) is 12.1 Å². The zero-order valence-corrected chi connectivity index (χ0v) is 13.4. The molecule has 0 aromatic heterocycles. The van der Waals surface area contributed by atoms with Gasteiger partial charge >= 0.3 is 0 Å². The summed E-state index contributed by atoms with van der Waals surface area (Å²) in [5.74, 6) is 0.0615. The molecule has 4 nitrogen and oxygen atoms in total. The highest BCUT2D eigenvalue weighted by Gasteiger charge is 2.25. The van der Waals surface area contributed by atoms with Gasteiger partial charge in [-0.05, 0) is 37.1 Å². The van der Waals surface area contributed by atoms with Crippen LogP contribution in [0.3, 0.4) is 0 Å². The number of carbonyl (C=O) groups excluding carboxylic acids is 1. The lowest BCUT2D eigenvalue weighted by Gasteiger charge is -2.38. The third-order valence-corrected chi connectivity index (χ3v) is 4.63. The van der Waals surface area contributed by atoms with Gasteiger partial charge in [-0.2, -0.15) is 0 Å². The van der Waals surface area contributed by atoms with Gasteiger partial charge in [0, 0.05) is 42.8 Å². The molecule has 1 aliphatic heterocycles. The molecule has 1 aliphatic rings. The monoisotopic (exact) mass is 310 g/mol. The molecule has 1 aromatic rings. The normalized spacial score (nSPS) is 17.8. The van der Waals surface area contributed by atoms with Crippen LogP contribution in [0.2, 0.25) is 5.02 Å². The molecular weight excluding hydrogens is 288 g/mol. The molecule has 1 amide bonds. The molecule has 0 aliphatic carbocycles. The number of halogens is 1. The molecule has 1 aromatic carbocycles. The van der Waals surface area contributed by atoms with Gasteiger partial charge in [-0.1, -0.05) is 18.5 Å². The summed E-state index contributed by atoms with van der Waals surface area (Å²) < 4.78 is 0. The largest absolute Gasteiger partial charge is 0.395 e. The van der Waals surface area contributed by atoms with E-state index in [4.69, 9.17) is 11.6 Å². The number of piperazine rings is 1. The Morgan fingerprint density at radius 1 is 1.33 bits per heavy atom. The SMILES string of the molecule is CC[C@H](CO)N1CCN(C(=O)c2ccc(Cl)c(C)c2)CC1. The zero-order chi connectivity index (χ0) is 15.4. The number of hydrogen-bond acceptors (Lipinski definition) is 3. The summed E-state index contributed by atoms with van der Waals surface area (Å²) in [4.78, 5) is 16.6. The second-order valence-corrected chi connectivity index (χ2v) is 5.94. The Hall–Kier alpha value is -1.10. The summed E-state index contributed by atoms with van der Waals surface area (Å²) in [6.07, 6.45) is 0.931. The average Bonchev–Trinajstić information content (AvgIpc) is 2.51. The number of rotatable bonds is 4. The van der Waals surface area contributed by atoms with Crippen LogP contribution in [0, 0.1) is 6.92 Å². The van der Waals surface area contributed by atoms with E-state index in [1.807, 2.05) is 17.9 Å². The molecule has 1 atom stereocenters. The molecular formula is C16H23ClN2O2. The second-order valence-electron chi connectivity index (χ2n) is 5.54. The number of nitrogens with zero attached hydrogens (tertiary/aromatic N) is 2. The first-order chi connectivity index (χ1) is 10.1. The average molecular weight is 311 g/mol. The molecule has 0 bridgehead atoms. The standard InChI is InChI=1S/C16H23ClN2O2/c1-3-14(11-20)18-6-8-19(9-7-18)16(21)13-4-5-15(17)12(2)10-13/h4-5,10,14,20H,3,6-9,11H2,1-2H3/t14-/m1/s1. The molecule has 0 radical (unpaired) electrons. The van der Waals surface area contributed by atoms with Crippen molar-refractivity contribution < 1.29 is 9.90 Å².